The van der Waals surface area contributed by atoms with Crippen LogP contribution < -0.4 is 16.4 Å². The van der Waals surface area contributed by atoms with Crippen molar-refractivity contribution in [2.75, 3.05) is 40.8 Å². The van der Waals surface area contributed by atoms with Crippen LogP contribution in [0.4, 0.5) is 0 Å². The molecule has 134 valence electrons. The first-order valence-electron chi connectivity index (χ1n) is 7.87. The Labute approximate surface area is 138 Å². The van der Waals surface area contributed by atoms with Gasteiger partial charge in [0.2, 0.25) is 11.8 Å². The fraction of sp³-hybridized carbons (Fsp3) is 0.800. The van der Waals surface area contributed by atoms with Crippen molar-refractivity contribution in [1.82, 2.24) is 15.5 Å². The number of amides is 2. The predicted octanol–water partition coefficient (Wildman–Crippen LogP) is -0.769. The molecule has 8 nitrogen and oxygen atoms in total. The largest absolute Gasteiger partial charge is 0.468 e. The van der Waals surface area contributed by atoms with Crippen LogP contribution in [0, 0.1) is 0 Å². The van der Waals surface area contributed by atoms with E-state index in [0.717, 1.165) is 32.2 Å². The van der Waals surface area contributed by atoms with E-state index in [1.165, 1.54) is 7.11 Å². The summed E-state index contributed by atoms with van der Waals surface area (Å²) in [6.07, 6.45) is 4.11. The number of carbonyl (C=O) groups excluding carboxylic acids is 3. The summed E-state index contributed by atoms with van der Waals surface area (Å²) in [5.74, 6) is -1.54. The highest BCUT2D eigenvalue weighted by Gasteiger charge is 2.20. The van der Waals surface area contributed by atoms with E-state index in [1.807, 2.05) is 14.1 Å². The van der Waals surface area contributed by atoms with Crippen molar-refractivity contribution in [3.05, 3.63) is 0 Å². The summed E-state index contributed by atoms with van der Waals surface area (Å²) >= 11 is 0. The van der Waals surface area contributed by atoms with Crippen molar-refractivity contribution < 1.29 is 19.1 Å². The van der Waals surface area contributed by atoms with E-state index in [9.17, 15) is 14.4 Å². The molecule has 0 aliphatic rings. The number of esters is 1. The first kappa shape index (κ1) is 21.3. The zero-order valence-corrected chi connectivity index (χ0v) is 14.4. The molecule has 0 aromatic rings. The van der Waals surface area contributed by atoms with Gasteiger partial charge in [-0.2, -0.15) is 0 Å². The zero-order chi connectivity index (χ0) is 17.7. The summed E-state index contributed by atoms with van der Waals surface area (Å²) in [6.45, 7) is 1.45. The molecule has 0 aliphatic heterocycles. The highest BCUT2D eigenvalue weighted by molar-refractivity contribution is 5.89. The van der Waals surface area contributed by atoms with Gasteiger partial charge in [0.25, 0.3) is 0 Å². The molecule has 8 heteroatoms. The Morgan fingerprint density at radius 3 is 2.35 bits per heavy atom. The molecule has 0 radical (unpaired) electrons. The topological polar surface area (TPSA) is 114 Å². The molecule has 0 unspecified atom stereocenters. The van der Waals surface area contributed by atoms with Crippen LogP contribution in [-0.4, -0.2) is 69.6 Å². The summed E-state index contributed by atoms with van der Waals surface area (Å²) in [4.78, 5) is 36.2. The molecule has 0 aromatic heterocycles. The molecule has 23 heavy (non-hydrogen) atoms. The Morgan fingerprint density at radius 1 is 1.13 bits per heavy atom. The number of hydrogen-bond acceptors (Lipinski definition) is 6. The smallest absolute Gasteiger partial charge is 0.325 e. The van der Waals surface area contributed by atoms with E-state index in [2.05, 4.69) is 20.3 Å². The number of primary amides is 1. The highest BCUT2D eigenvalue weighted by Crippen LogP contribution is 2.01. The molecule has 0 heterocycles. The van der Waals surface area contributed by atoms with Gasteiger partial charge in [-0.3, -0.25) is 14.4 Å². The quantitative estimate of drug-likeness (QED) is 0.302. The Hall–Kier alpha value is -1.67. The zero-order valence-electron chi connectivity index (χ0n) is 14.4. The maximum atomic E-state index is 11.9. The molecular weight excluding hydrogens is 300 g/mol. The summed E-state index contributed by atoms with van der Waals surface area (Å²) in [7, 11) is 5.33. The van der Waals surface area contributed by atoms with Gasteiger partial charge in [-0.05, 0) is 40.0 Å². The lowest BCUT2D eigenvalue weighted by atomic mass is 10.1. The SMILES string of the molecule is COC(=O)CNC(=O)[C@@H](CC(N)=O)NCCCCCCN(C)C. The van der Waals surface area contributed by atoms with Gasteiger partial charge in [-0.15, -0.1) is 0 Å². The second kappa shape index (κ2) is 12.8. The van der Waals surface area contributed by atoms with E-state index in [1.54, 1.807) is 0 Å². The lowest BCUT2D eigenvalue weighted by molar-refractivity contribution is -0.141. The minimum Gasteiger partial charge on any atom is -0.468 e. The maximum Gasteiger partial charge on any atom is 0.325 e. The minimum atomic E-state index is -0.723. The van der Waals surface area contributed by atoms with Gasteiger partial charge in [0, 0.05) is 0 Å². The van der Waals surface area contributed by atoms with Gasteiger partial charge in [0.05, 0.1) is 19.6 Å². The van der Waals surface area contributed by atoms with Crippen LogP contribution in [-0.2, 0) is 19.1 Å². The average Bonchev–Trinajstić information content (AvgIpc) is 2.49. The second-order valence-electron chi connectivity index (χ2n) is 5.69. The van der Waals surface area contributed by atoms with Crippen LogP contribution in [0.2, 0.25) is 0 Å². The molecular formula is C15H30N4O4. The second-order valence-corrected chi connectivity index (χ2v) is 5.69. The van der Waals surface area contributed by atoms with E-state index >= 15 is 0 Å². The number of nitrogens with one attached hydrogen (secondary N) is 2. The third-order valence-corrected chi connectivity index (χ3v) is 3.28. The lowest BCUT2D eigenvalue weighted by Gasteiger charge is -2.17. The highest BCUT2D eigenvalue weighted by atomic mass is 16.5. The van der Waals surface area contributed by atoms with Gasteiger partial charge < -0.3 is 26.0 Å². The lowest BCUT2D eigenvalue weighted by Crippen LogP contribution is -2.47. The van der Waals surface area contributed by atoms with Gasteiger partial charge >= 0.3 is 5.97 Å². The van der Waals surface area contributed by atoms with Crippen molar-refractivity contribution in [1.29, 1.82) is 0 Å². The van der Waals surface area contributed by atoms with Crippen LogP contribution in [0.15, 0.2) is 0 Å². The predicted molar refractivity (Wildman–Crippen MR) is 87.6 cm³/mol. The third kappa shape index (κ3) is 12.5. The van der Waals surface area contributed by atoms with Crippen molar-refractivity contribution >= 4 is 17.8 Å². The Morgan fingerprint density at radius 2 is 1.78 bits per heavy atom. The fourth-order valence-electron chi connectivity index (χ4n) is 2.00. The molecule has 0 aliphatic carbocycles. The Bertz CT molecular complexity index is 374. The number of methoxy groups -OCH3 is 1. The molecule has 0 bridgehead atoms. The van der Waals surface area contributed by atoms with E-state index < -0.39 is 23.8 Å². The minimum absolute atomic E-state index is 0.104. The number of nitrogens with two attached hydrogens (primary N) is 1. The number of carbonyl (C=O) groups is 3. The molecule has 1 atom stereocenters. The Kier molecular flexibility index (Phi) is 11.9. The maximum absolute atomic E-state index is 11.9. The van der Waals surface area contributed by atoms with Crippen LogP contribution in [0.1, 0.15) is 32.1 Å². The molecule has 4 N–H and O–H groups in total. The molecule has 0 saturated carbocycles. The van der Waals surface area contributed by atoms with Crippen LogP contribution in [0.25, 0.3) is 0 Å². The van der Waals surface area contributed by atoms with Gasteiger partial charge in [0.1, 0.15) is 6.54 Å². The number of ether oxygens (including phenoxy) is 1. The summed E-state index contributed by atoms with van der Waals surface area (Å²) < 4.78 is 4.45. The average molecular weight is 330 g/mol. The standard InChI is InChI=1S/C15H30N4O4/c1-19(2)9-7-5-4-6-8-17-12(10-13(16)20)15(22)18-11-14(21)23-3/h12,17H,4-11H2,1-3H3,(H2,16,20)(H,18,22)/t12-/m1/s1. The first-order valence-corrected chi connectivity index (χ1v) is 7.87. The van der Waals surface area contributed by atoms with Crippen molar-refractivity contribution in [2.24, 2.45) is 5.73 Å². The van der Waals surface area contributed by atoms with Crippen LogP contribution in [0.3, 0.4) is 0 Å². The molecule has 0 spiro atoms. The van der Waals surface area contributed by atoms with Crippen LogP contribution in [0.5, 0.6) is 0 Å². The number of unbranched alkanes of at least 4 members (excludes halogenated alkanes) is 3. The van der Waals surface area contributed by atoms with Crippen molar-refractivity contribution in [3.63, 3.8) is 0 Å². The van der Waals surface area contributed by atoms with Gasteiger partial charge in [-0.1, -0.05) is 12.8 Å². The van der Waals surface area contributed by atoms with Gasteiger partial charge in [0.15, 0.2) is 0 Å². The van der Waals surface area contributed by atoms with E-state index in [4.69, 9.17) is 5.73 Å². The molecule has 0 fully saturated rings. The third-order valence-electron chi connectivity index (χ3n) is 3.28. The Balaban J connectivity index is 4.02. The van der Waals surface area contributed by atoms with E-state index in [0.29, 0.717) is 6.54 Å². The molecule has 0 aromatic carbocycles. The molecule has 2 amide bonds. The summed E-state index contributed by atoms with van der Waals surface area (Å²) in [5, 5.41) is 5.44. The van der Waals surface area contributed by atoms with Crippen LogP contribution >= 0.6 is 0 Å². The number of rotatable bonds is 13. The summed E-state index contributed by atoms with van der Waals surface area (Å²) in [6, 6.07) is -0.723. The monoisotopic (exact) mass is 330 g/mol. The van der Waals surface area contributed by atoms with E-state index in [-0.39, 0.29) is 13.0 Å². The molecule has 0 saturated heterocycles. The van der Waals surface area contributed by atoms with Crippen molar-refractivity contribution in [2.45, 2.75) is 38.1 Å². The normalized spacial score (nSPS) is 12.0. The first-order chi connectivity index (χ1) is 10.9. The molecule has 0 rings (SSSR count). The van der Waals surface area contributed by atoms with Crippen molar-refractivity contribution in [3.8, 4) is 0 Å². The number of hydrogen-bond donors (Lipinski definition) is 3. The fourth-order valence-corrected chi connectivity index (χ4v) is 2.00. The van der Waals surface area contributed by atoms with Gasteiger partial charge in [-0.25, -0.2) is 0 Å². The summed E-state index contributed by atoms with van der Waals surface area (Å²) in [5.41, 5.74) is 5.16. The number of nitrogens with zero attached hydrogens (tertiary/aromatic N) is 1.